The zero-order chi connectivity index (χ0) is 17.6. The molecule has 0 radical (unpaired) electrons. The quantitative estimate of drug-likeness (QED) is 0.754. The predicted molar refractivity (Wildman–Crippen MR) is 103 cm³/mol. The van der Waals surface area contributed by atoms with E-state index in [9.17, 15) is 4.79 Å². The molecule has 1 aromatic rings. The SMILES string of the molecule is O=CC12C=C3C=CC(=N3)C=c3ccc([nH]3)=CC3=NC(=CC(=CC1)N2)C=C3. The van der Waals surface area contributed by atoms with Gasteiger partial charge in [0.15, 0.2) is 0 Å². The summed E-state index contributed by atoms with van der Waals surface area (Å²) in [5, 5.41) is 5.27. The summed E-state index contributed by atoms with van der Waals surface area (Å²) in [7, 11) is 0. The number of aromatic nitrogens is 1. The molecule has 5 heterocycles. The minimum Gasteiger partial charge on any atom is -0.370 e. The first kappa shape index (κ1) is 14.8. The second-order valence-corrected chi connectivity index (χ2v) is 6.68. The molecule has 0 spiro atoms. The molecular weight excluding hydrogens is 324 g/mol. The Morgan fingerprint density at radius 2 is 1.62 bits per heavy atom. The molecular formula is C21H16N4O. The number of nitrogens with one attached hydrogen (secondary N) is 2. The van der Waals surface area contributed by atoms with Crippen LogP contribution in [0, 0.1) is 0 Å². The van der Waals surface area contributed by atoms with Crippen LogP contribution in [0.15, 0.2) is 81.7 Å². The molecule has 5 nitrogen and oxygen atoms in total. The van der Waals surface area contributed by atoms with Crippen LogP contribution in [0.4, 0.5) is 0 Å². The number of aliphatic imine (C=N–C) groups is 2. The zero-order valence-electron chi connectivity index (χ0n) is 13.9. The fraction of sp³-hybridized carbons (Fsp3) is 0.0952. The van der Waals surface area contributed by atoms with Crippen molar-refractivity contribution in [2.24, 2.45) is 9.98 Å². The largest absolute Gasteiger partial charge is 0.370 e. The number of aromatic amines is 1. The topological polar surface area (TPSA) is 69.6 Å². The molecule has 0 saturated carbocycles. The maximum Gasteiger partial charge on any atom is 0.149 e. The number of hydrogen-bond donors (Lipinski definition) is 2. The van der Waals surface area contributed by atoms with Crippen LogP contribution in [-0.4, -0.2) is 28.2 Å². The van der Waals surface area contributed by atoms with Crippen molar-refractivity contribution in [3.8, 4) is 0 Å². The summed E-state index contributed by atoms with van der Waals surface area (Å²) in [6, 6.07) is 4.03. The average Bonchev–Trinajstić information content (AvgIpc) is 3.40. The number of H-pyrrole nitrogens is 1. The summed E-state index contributed by atoms with van der Waals surface area (Å²) < 4.78 is 0. The standard InChI is InChI=1S/C21H16N4O/c26-13-21-8-7-19(25-21)11-18-4-3-15(23-18)9-14-1-2-16(22-14)10-17-5-6-20(12-21)24-17/h1-7,9-13,22,25H,8H2. The van der Waals surface area contributed by atoms with Crippen LogP contribution in [0.5, 0.6) is 0 Å². The van der Waals surface area contributed by atoms with Gasteiger partial charge in [0.2, 0.25) is 0 Å². The highest BCUT2D eigenvalue weighted by Gasteiger charge is 2.32. The van der Waals surface area contributed by atoms with Crippen molar-refractivity contribution in [3.05, 3.63) is 82.5 Å². The van der Waals surface area contributed by atoms with Gasteiger partial charge in [-0.05, 0) is 60.7 Å². The molecule has 1 aromatic heterocycles. The van der Waals surface area contributed by atoms with E-state index in [4.69, 9.17) is 0 Å². The fourth-order valence-corrected chi connectivity index (χ4v) is 3.40. The maximum absolute atomic E-state index is 11.8. The van der Waals surface area contributed by atoms with Crippen LogP contribution in [0.3, 0.4) is 0 Å². The summed E-state index contributed by atoms with van der Waals surface area (Å²) in [4.78, 5) is 24.4. The first-order valence-electron chi connectivity index (χ1n) is 8.51. The third kappa shape index (κ3) is 2.63. The van der Waals surface area contributed by atoms with E-state index in [-0.39, 0.29) is 0 Å². The maximum atomic E-state index is 11.8. The van der Waals surface area contributed by atoms with Crippen molar-refractivity contribution >= 4 is 29.9 Å². The van der Waals surface area contributed by atoms with Gasteiger partial charge in [-0.15, -0.1) is 0 Å². The summed E-state index contributed by atoms with van der Waals surface area (Å²) in [6.07, 6.45) is 19.2. The average molecular weight is 340 g/mol. The van der Waals surface area contributed by atoms with Gasteiger partial charge in [-0.3, -0.25) is 0 Å². The molecule has 4 aliphatic heterocycles. The molecule has 126 valence electrons. The van der Waals surface area contributed by atoms with Crippen molar-refractivity contribution in [2.45, 2.75) is 12.0 Å². The molecule has 0 aromatic carbocycles. The van der Waals surface area contributed by atoms with E-state index in [1.165, 1.54) is 0 Å². The van der Waals surface area contributed by atoms with Crippen LogP contribution >= 0.6 is 0 Å². The van der Waals surface area contributed by atoms with E-state index >= 15 is 0 Å². The van der Waals surface area contributed by atoms with Gasteiger partial charge in [0.05, 0.1) is 22.8 Å². The molecule has 4 aliphatic rings. The van der Waals surface area contributed by atoms with Crippen molar-refractivity contribution in [1.29, 1.82) is 0 Å². The van der Waals surface area contributed by atoms with Crippen molar-refractivity contribution in [1.82, 2.24) is 10.3 Å². The number of fused-ring (bicyclic) bond motifs is 6. The fourth-order valence-electron chi connectivity index (χ4n) is 3.40. The molecule has 0 fully saturated rings. The second-order valence-electron chi connectivity index (χ2n) is 6.68. The molecule has 0 saturated heterocycles. The minimum absolute atomic E-state index is 0.591. The van der Waals surface area contributed by atoms with Crippen molar-refractivity contribution < 1.29 is 4.79 Å². The van der Waals surface area contributed by atoms with E-state index in [1.807, 2.05) is 66.8 Å². The van der Waals surface area contributed by atoms with Gasteiger partial charge in [0.25, 0.3) is 0 Å². The van der Waals surface area contributed by atoms with Gasteiger partial charge in [0.1, 0.15) is 11.8 Å². The zero-order valence-corrected chi connectivity index (χ0v) is 13.9. The van der Waals surface area contributed by atoms with Crippen LogP contribution in [-0.2, 0) is 4.79 Å². The Balaban J connectivity index is 1.68. The molecule has 5 rings (SSSR count). The van der Waals surface area contributed by atoms with Crippen LogP contribution in [0.2, 0.25) is 0 Å². The molecule has 8 bridgehead atoms. The van der Waals surface area contributed by atoms with E-state index < -0.39 is 5.54 Å². The number of allylic oxidation sites excluding steroid dienone is 5. The summed E-state index contributed by atoms with van der Waals surface area (Å²) >= 11 is 0. The van der Waals surface area contributed by atoms with E-state index in [2.05, 4.69) is 20.3 Å². The van der Waals surface area contributed by atoms with Gasteiger partial charge >= 0.3 is 0 Å². The first-order valence-corrected chi connectivity index (χ1v) is 8.51. The minimum atomic E-state index is -0.761. The lowest BCUT2D eigenvalue weighted by Gasteiger charge is -2.20. The highest BCUT2D eigenvalue weighted by atomic mass is 16.1. The van der Waals surface area contributed by atoms with E-state index in [0.717, 1.165) is 45.5 Å². The molecule has 5 heteroatoms. The number of aldehydes is 1. The predicted octanol–water partition coefficient (Wildman–Crippen LogP) is 1.19. The Bertz CT molecular complexity index is 1150. The van der Waals surface area contributed by atoms with Crippen molar-refractivity contribution in [3.63, 3.8) is 0 Å². The lowest BCUT2D eigenvalue weighted by atomic mass is 9.98. The molecule has 0 aliphatic carbocycles. The Labute approximate surface area is 149 Å². The lowest BCUT2D eigenvalue weighted by Crippen LogP contribution is -2.40. The number of carbonyl (C=O) groups excluding carboxylic acids is 1. The first-order chi connectivity index (χ1) is 12.7. The monoisotopic (exact) mass is 340 g/mol. The van der Waals surface area contributed by atoms with Gasteiger partial charge < -0.3 is 15.1 Å². The molecule has 2 N–H and O–H groups in total. The van der Waals surface area contributed by atoms with Gasteiger partial charge in [0, 0.05) is 22.8 Å². The highest BCUT2D eigenvalue weighted by Crippen LogP contribution is 2.26. The number of hydrogen-bond acceptors (Lipinski definition) is 4. The van der Waals surface area contributed by atoms with Gasteiger partial charge in [-0.25, -0.2) is 9.98 Å². The molecule has 0 amide bonds. The Morgan fingerprint density at radius 3 is 2.35 bits per heavy atom. The van der Waals surface area contributed by atoms with Crippen LogP contribution in [0.1, 0.15) is 6.42 Å². The smallest absolute Gasteiger partial charge is 0.149 e. The van der Waals surface area contributed by atoms with E-state index in [0.29, 0.717) is 6.42 Å². The number of nitrogens with zero attached hydrogens (tertiary/aromatic N) is 2. The number of carbonyl (C=O) groups is 1. The Hall–Kier alpha value is -3.47. The normalized spacial score (nSPS) is 25.3. The third-order valence-electron chi connectivity index (χ3n) is 4.66. The van der Waals surface area contributed by atoms with E-state index in [1.54, 1.807) is 0 Å². The lowest BCUT2D eigenvalue weighted by molar-refractivity contribution is -0.111. The van der Waals surface area contributed by atoms with Crippen molar-refractivity contribution in [2.75, 3.05) is 0 Å². The third-order valence-corrected chi connectivity index (χ3v) is 4.66. The number of rotatable bonds is 1. The van der Waals surface area contributed by atoms with Crippen LogP contribution < -0.4 is 16.0 Å². The van der Waals surface area contributed by atoms with Crippen LogP contribution in [0.25, 0.3) is 12.2 Å². The van der Waals surface area contributed by atoms with Gasteiger partial charge in [-0.1, -0.05) is 6.08 Å². The molecule has 1 atom stereocenters. The summed E-state index contributed by atoms with van der Waals surface area (Å²) in [5.41, 5.74) is 3.51. The summed E-state index contributed by atoms with van der Waals surface area (Å²) in [6.45, 7) is 0. The molecule has 1 unspecified atom stereocenters. The Morgan fingerprint density at radius 1 is 0.923 bits per heavy atom. The highest BCUT2D eigenvalue weighted by molar-refractivity contribution is 6.20. The second kappa shape index (κ2) is 5.52. The summed E-state index contributed by atoms with van der Waals surface area (Å²) in [5.74, 6) is 0. The Kier molecular flexibility index (Phi) is 3.15. The van der Waals surface area contributed by atoms with Gasteiger partial charge in [-0.2, -0.15) is 0 Å². The molecule has 26 heavy (non-hydrogen) atoms.